The van der Waals surface area contributed by atoms with E-state index in [1.54, 1.807) is 47.8 Å². The van der Waals surface area contributed by atoms with E-state index in [2.05, 4.69) is 26.4 Å². The molecule has 0 aliphatic heterocycles. The Labute approximate surface area is 190 Å². The Morgan fingerprint density at radius 3 is 1.97 bits per heavy atom. The molecular weight excluding hydrogens is 450 g/mol. The first-order chi connectivity index (χ1) is 15.4. The summed E-state index contributed by atoms with van der Waals surface area (Å²) < 4.78 is 27.7. The van der Waals surface area contributed by atoms with E-state index in [1.807, 2.05) is 24.3 Å². The molecule has 0 bridgehead atoms. The molecule has 3 aromatic rings. The summed E-state index contributed by atoms with van der Waals surface area (Å²) in [5, 5.41) is 1.63. The summed E-state index contributed by atoms with van der Waals surface area (Å²) in [6, 6.07) is 19.8. The van der Waals surface area contributed by atoms with Gasteiger partial charge in [-0.2, -0.15) is 4.72 Å². The van der Waals surface area contributed by atoms with Gasteiger partial charge in [0.1, 0.15) is 10.3 Å². The molecule has 5 N–H and O–H groups in total. The number of thiophene rings is 1. The quantitative estimate of drug-likeness (QED) is 0.272. The van der Waals surface area contributed by atoms with Crippen molar-refractivity contribution in [3.8, 4) is 0 Å². The Morgan fingerprint density at radius 2 is 1.41 bits per heavy atom. The van der Waals surface area contributed by atoms with Crippen molar-refractivity contribution in [1.82, 2.24) is 15.6 Å². The van der Waals surface area contributed by atoms with Crippen molar-refractivity contribution >= 4 is 44.5 Å². The molecule has 1 unspecified atom stereocenters. The van der Waals surface area contributed by atoms with Gasteiger partial charge in [-0.15, -0.1) is 11.3 Å². The summed E-state index contributed by atoms with van der Waals surface area (Å²) in [5.74, 6) is -1.00. The van der Waals surface area contributed by atoms with Gasteiger partial charge in [0.05, 0.1) is 11.4 Å². The number of sulfonamides is 1. The maximum atomic E-state index is 12.7. The number of benzene rings is 2. The Balaban J connectivity index is 1.61. The lowest BCUT2D eigenvalue weighted by atomic mass is 10.1. The highest BCUT2D eigenvalue weighted by Gasteiger charge is 2.27. The van der Waals surface area contributed by atoms with Crippen LogP contribution in [0.2, 0.25) is 0 Å². The number of hydrogen-bond acceptors (Lipinski definition) is 7. The van der Waals surface area contributed by atoms with Crippen molar-refractivity contribution in [2.24, 2.45) is 0 Å². The summed E-state index contributed by atoms with van der Waals surface area (Å²) in [7, 11) is -3.91. The largest absolute Gasteiger partial charge is 0.299 e. The number of nitrogens with one attached hydrogen (secondary N) is 5. The first-order valence-corrected chi connectivity index (χ1v) is 12.1. The molecule has 2 aromatic carbocycles. The van der Waals surface area contributed by atoms with Crippen LogP contribution in [0.4, 0.5) is 11.4 Å². The third-order valence-corrected chi connectivity index (χ3v) is 7.13. The van der Waals surface area contributed by atoms with E-state index in [0.29, 0.717) is 11.4 Å². The Hall–Kier alpha value is -3.41. The Kier molecular flexibility index (Phi) is 8.20. The van der Waals surface area contributed by atoms with Gasteiger partial charge in [0.15, 0.2) is 0 Å². The van der Waals surface area contributed by atoms with Crippen LogP contribution in [-0.2, 0) is 19.6 Å². The molecule has 0 fully saturated rings. The molecule has 1 atom stereocenters. The molecule has 11 heteroatoms. The average molecular weight is 474 g/mol. The monoisotopic (exact) mass is 473 g/mol. The first-order valence-electron chi connectivity index (χ1n) is 9.71. The summed E-state index contributed by atoms with van der Waals surface area (Å²) in [6.07, 6.45) is -0.134. The predicted octanol–water partition coefficient (Wildman–Crippen LogP) is 2.46. The molecule has 0 saturated carbocycles. The molecule has 0 radical (unpaired) electrons. The van der Waals surface area contributed by atoms with Crippen molar-refractivity contribution in [1.29, 1.82) is 0 Å². The zero-order valence-corrected chi connectivity index (χ0v) is 18.6. The highest BCUT2D eigenvalue weighted by atomic mass is 32.2. The highest BCUT2D eigenvalue weighted by Crippen LogP contribution is 2.17. The van der Waals surface area contributed by atoms with Crippen LogP contribution in [0, 0.1) is 0 Å². The van der Waals surface area contributed by atoms with Crippen molar-refractivity contribution in [2.75, 3.05) is 10.9 Å². The van der Waals surface area contributed by atoms with Gasteiger partial charge in [0, 0.05) is 6.42 Å². The highest BCUT2D eigenvalue weighted by molar-refractivity contribution is 7.91. The number of hydrazine groups is 2. The predicted molar refractivity (Wildman–Crippen MR) is 124 cm³/mol. The van der Waals surface area contributed by atoms with E-state index < -0.39 is 27.9 Å². The summed E-state index contributed by atoms with van der Waals surface area (Å²) >= 11 is 1.04. The van der Waals surface area contributed by atoms with E-state index in [-0.39, 0.29) is 17.1 Å². The van der Waals surface area contributed by atoms with Gasteiger partial charge in [0.2, 0.25) is 5.91 Å². The molecule has 0 aliphatic carbocycles. The molecule has 0 saturated heterocycles. The van der Waals surface area contributed by atoms with Crippen LogP contribution in [0.1, 0.15) is 12.8 Å². The molecular formula is C21H23N5O4S2. The fraction of sp³-hybridized carbons (Fsp3) is 0.143. The van der Waals surface area contributed by atoms with Gasteiger partial charge in [-0.05, 0) is 42.1 Å². The normalized spacial score (nSPS) is 11.9. The first kappa shape index (κ1) is 23.3. The zero-order valence-electron chi connectivity index (χ0n) is 16.9. The van der Waals surface area contributed by atoms with E-state index in [4.69, 9.17) is 0 Å². The minimum absolute atomic E-state index is 0.0464. The summed E-state index contributed by atoms with van der Waals surface area (Å²) in [5.41, 5.74) is 11.8. The third-order valence-electron chi connectivity index (χ3n) is 4.26. The topological polar surface area (TPSA) is 128 Å². The van der Waals surface area contributed by atoms with Crippen LogP contribution in [0.25, 0.3) is 0 Å². The zero-order chi connectivity index (χ0) is 22.8. The second kappa shape index (κ2) is 11.3. The molecule has 2 amide bonds. The molecule has 1 heterocycles. The van der Waals surface area contributed by atoms with E-state index in [0.717, 1.165) is 11.3 Å². The van der Waals surface area contributed by atoms with Gasteiger partial charge >= 0.3 is 0 Å². The van der Waals surface area contributed by atoms with Gasteiger partial charge in [0.25, 0.3) is 15.9 Å². The maximum Gasteiger partial charge on any atom is 0.256 e. The van der Waals surface area contributed by atoms with Crippen LogP contribution < -0.4 is 26.4 Å². The number of anilines is 2. The van der Waals surface area contributed by atoms with Crippen molar-refractivity contribution in [3.05, 3.63) is 78.2 Å². The second-order valence-electron chi connectivity index (χ2n) is 6.66. The number of para-hydroxylation sites is 2. The molecule has 0 spiro atoms. The number of rotatable bonds is 11. The van der Waals surface area contributed by atoms with Crippen LogP contribution in [0.5, 0.6) is 0 Å². The minimum atomic E-state index is -3.91. The SMILES string of the molecule is O=C(CCC(NS(=O)(=O)c1cccs1)C(=O)NNc1ccccc1)NNc1ccccc1. The molecule has 1 aromatic heterocycles. The molecule has 3 rings (SSSR count). The smallest absolute Gasteiger partial charge is 0.256 e. The Morgan fingerprint density at radius 1 is 0.812 bits per heavy atom. The molecule has 168 valence electrons. The molecule has 32 heavy (non-hydrogen) atoms. The number of amides is 2. The van der Waals surface area contributed by atoms with Gasteiger partial charge in [-0.25, -0.2) is 8.42 Å². The van der Waals surface area contributed by atoms with Gasteiger partial charge in [-0.1, -0.05) is 42.5 Å². The third kappa shape index (κ3) is 7.08. The number of hydrogen-bond donors (Lipinski definition) is 5. The lowest BCUT2D eigenvalue weighted by Crippen LogP contribution is -2.48. The lowest BCUT2D eigenvalue weighted by Gasteiger charge is -2.19. The average Bonchev–Trinajstić information content (AvgIpc) is 3.36. The van der Waals surface area contributed by atoms with Crippen molar-refractivity contribution in [3.63, 3.8) is 0 Å². The van der Waals surface area contributed by atoms with Crippen molar-refractivity contribution < 1.29 is 18.0 Å². The fourth-order valence-corrected chi connectivity index (χ4v) is 4.89. The fourth-order valence-electron chi connectivity index (χ4n) is 2.65. The van der Waals surface area contributed by atoms with Crippen LogP contribution >= 0.6 is 11.3 Å². The van der Waals surface area contributed by atoms with Crippen LogP contribution in [0.3, 0.4) is 0 Å². The summed E-state index contributed by atoms with van der Waals surface area (Å²) in [4.78, 5) is 24.9. The number of carbonyl (C=O) groups excluding carboxylic acids is 2. The van der Waals surface area contributed by atoms with E-state index in [1.165, 1.54) is 6.07 Å². The molecule has 9 nitrogen and oxygen atoms in total. The minimum Gasteiger partial charge on any atom is -0.299 e. The van der Waals surface area contributed by atoms with Gasteiger partial charge < -0.3 is 0 Å². The van der Waals surface area contributed by atoms with E-state index >= 15 is 0 Å². The van der Waals surface area contributed by atoms with Crippen molar-refractivity contribution in [2.45, 2.75) is 23.1 Å². The molecule has 0 aliphatic rings. The van der Waals surface area contributed by atoms with E-state index in [9.17, 15) is 18.0 Å². The lowest BCUT2D eigenvalue weighted by molar-refractivity contribution is -0.123. The summed E-state index contributed by atoms with van der Waals surface area (Å²) in [6.45, 7) is 0. The standard InChI is InChI=1S/C21H23N5O4S2/c27-19(24-22-16-8-3-1-4-9-16)14-13-18(26-32(29,30)20-12-7-15-31-20)21(28)25-23-17-10-5-2-6-11-17/h1-12,15,18,22-23,26H,13-14H2,(H,24,27)(H,25,28). The maximum absolute atomic E-state index is 12.7. The second-order valence-corrected chi connectivity index (χ2v) is 9.55. The van der Waals surface area contributed by atoms with Gasteiger partial charge in [-0.3, -0.25) is 31.3 Å². The van der Waals surface area contributed by atoms with Crippen LogP contribution in [-0.4, -0.2) is 26.3 Å². The number of carbonyl (C=O) groups is 2. The Bertz CT molecular complexity index is 1110. The van der Waals surface area contributed by atoms with Crippen LogP contribution in [0.15, 0.2) is 82.4 Å².